The van der Waals surface area contributed by atoms with Crippen LogP contribution < -0.4 is 5.56 Å². The van der Waals surface area contributed by atoms with E-state index in [4.69, 9.17) is 5.11 Å². The van der Waals surface area contributed by atoms with Gasteiger partial charge in [0.1, 0.15) is 0 Å². The molecular weight excluding hydrogens is 158 g/mol. The lowest BCUT2D eigenvalue weighted by Gasteiger charge is -1.94. The normalized spacial score (nSPS) is 9.33. The summed E-state index contributed by atoms with van der Waals surface area (Å²) in [5.74, 6) is -1.07. The van der Waals surface area contributed by atoms with Crippen LogP contribution in [0.1, 0.15) is 15.9 Å². The number of aromatic amines is 1. The number of hydrogen-bond acceptors (Lipinski definition) is 2. The molecule has 1 aromatic heterocycles. The van der Waals surface area contributed by atoms with E-state index in [-0.39, 0.29) is 16.7 Å². The third kappa shape index (κ3) is 1.42. The van der Waals surface area contributed by atoms with Crippen molar-refractivity contribution in [3.63, 3.8) is 0 Å². The Morgan fingerprint density at radius 2 is 2.33 bits per heavy atom. The van der Waals surface area contributed by atoms with E-state index in [2.05, 4.69) is 11.6 Å². The van der Waals surface area contributed by atoms with Gasteiger partial charge in [-0.25, -0.2) is 4.79 Å². The van der Waals surface area contributed by atoms with Gasteiger partial charge in [-0.3, -0.25) is 4.79 Å². The van der Waals surface area contributed by atoms with Crippen molar-refractivity contribution in [3.05, 3.63) is 40.3 Å². The van der Waals surface area contributed by atoms with Crippen LogP contribution in [0.25, 0.3) is 6.08 Å². The van der Waals surface area contributed by atoms with Crippen molar-refractivity contribution in [2.45, 2.75) is 0 Å². The number of carboxylic acid groups (broad SMARTS) is 1. The summed E-state index contributed by atoms with van der Waals surface area (Å²) in [6, 6.07) is 1.27. The zero-order valence-electron chi connectivity index (χ0n) is 6.20. The highest BCUT2D eigenvalue weighted by Crippen LogP contribution is 1.98. The molecule has 62 valence electrons. The summed E-state index contributed by atoms with van der Waals surface area (Å²) in [7, 11) is 0. The van der Waals surface area contributed by atoms with Crippen LogP contribution in [0.5, 0.6) is 0 Å². The summed E-state index contributed by atoms with van der Waals surface area (Å²) in [6.07, 6.45) is 2.46. The fourth-order valence-electron chi connectivity index (χ4n) is 0.776. The molecule has 0 unspecified atom stereocenters. The second kappa shape index (κ2) is 3.04. The van der Waals surface area contributed by atoms with E-state index in [1.165, 1.54) is 12.1 Å². The van der Waals surface area contributed by atoms with Gasteiger partial charge >= 0.3 is 5.97 Å². The van der Waals surface area contributed by atoms with E-state index < -0.39 is 5.97 Å². The Kier molecular flexibility index (Phi) is 2.09. The van der Waals surface area contributed by atoms with Crippen molar-refractivity contribution in [1.82, 2.24) is 4.98 Å². The standard InChI is InChI=1S/C8H7NO3/c1-2-5-3-6(8(11)12)4-9-7(5)10/h2-4H,1H2,(H,9,10)(H,11,12). The molecule has 0 radical (unpaired) electrons. The van der Waals surface area contributed by atoms with Crippen LogP contribution in [0.3, 0.4) is 0 Å². The van der Waals surface area contributed by atoms with Gasteiger partial charge in [0.2, 0.25) is 0 Å². The summed E-state index contributed by atoms with van der Waals surface area (Å²) in [4.78, 5) is 23.6. The van der Waals surface area contributed by atoms with Crippen molar-refractivity contribution < 1.29 is 9.90 Å². The molecule has 0 fully saturated rings. The van der Waals surface area contributed by atoms with Gasteiger partial charge in [-0.05, 0) is 6.07 Å². The largest absolute Gasteiger partial charge is 0.478 e. The fourth-order valence-corrected chi connectivity index (χ4v) is 0.776. The maximum absolute atomic E-state index is 10.9. The van der Waals surface area contributed by atoms with Gasteiger partial charge in [0.25, 0.3) is 5.56 Å². The van der Waals surface area contributed by atoms with Crippen LogP contribution in [0.2, 0.25) is 0 Å². The van der Waals surface area contributed by atoms with Gasteiger partial charge in [-0.15, -0.1) is 0 Å². The number of H-pyrrole nitrogens is 1. The zero-order valence-corrected chi connectivity index (χ0v) is 6.20. The highest BCUT2D eigenvalue weighted by atomic mass is 16.4. The molecule has 4 nitrogen and oxygen atoms in total. The maximum Gasteiger partial charge on any atom is 0.337 e. The first-order valence-corrected chi connectivity index (χ1v) is 3.23. The average Bonchev–Trinajstić information content (AvgIpc) is 2.05. The van der Waals surface area contributed by atoms with Gasteiger partial charge < -0.3 is 10.1 Å². The van der Waals surface area contributed by atoms with E-state index in [0.29, 0.717) is 0 Å². The number of carbonyl (C=O) groups is 1. The molecule has 0 saturated carbocycles. The minimum absolute atomic E-state index is 0.0458. The van der Waals surface area contributed by atoms with Crippen LogP contribution in [0, 0.1) is 0 Å². The molecule has 0 aliphatic carbocycles. The molecule has 0 amide bonds. The number of carboxylic acids is 1. The lowest BCUT2D eigenvalue weighted by molar-refractivity contribution is 0.0696. The van der Waals surface area contributed by atoms with Gasteiger partial charge in [0.05, 0.1) is 5.56 Å². The lowest BCUT2D eigenvalue weighted by Crippen LogP contribution is -2.11. The van der Waals surface area contributed by atoms with Crippen molar-refractivity contribution in [1.29, 1.82) is 0 Å². The lowest BCUT2D eigenvalue weighted by atomic mass is 10.2. The second-order valence-electron chi connectivity index (χ2n) is 2.18. The minimum atomic E-state index is -1.07. The Labute approximate surface area is 68.2 Å². The van der Waals surface area contributed by atoms with E-state index >= 15 is 0 Å². The first-order chi connectivity index (χ1) is 5.65. The smallest absolute Gasteiger partial charge is 0.337 e. The van der Waals surface area contributed by atoms with E-state index in [1.54, 1.807) is 0 Å². The molecule has 0 spiro atoms. The van der Waals surface area contributed by atoms with Gasteiger partial charge in [0.15, 0.2) is 0 Å². The van der Waals surface area contributed by atoms with Crippen molar-refractivity contribution in [2.24, 2.45) is 0 Å². The van der Waals surface area contributed by atoms with Crippen LogP contribution in [0.4, 0.5) is 0 Å². The number of aromatic carboxylic acids is 1. The monoisotopic (exact) mass is 165 g/mol. The minimum Gasteiger partial charge on any atom is -0.478 e. The first-order valence-electron chi connectivity index (χ1n) is 3.23. The fraction of sp³-hybridized carbons (Fsp3) is 0. The molecular formula is C8H7NO3. The van der Waals surface area contributed by atoms with Crippen molar-refractivity contribution in [2.75, 3.05) is 0 Å². The number of rotatable bonds is 2. The average molecular weight is 165 g/mol. The van der Waals surface area contributed by atoms with Crippen LogP contribution in [-0.2, 0) is 0 Å². The van der Waals surface area contributed by atoms with Gasteiger partial charge in [-0.1, -0.05) is 12.7 Å². The summed E-state index contributed by atoms with van der Waals surface area (Å²) in [5.41, 5.74) is -0.0330. The van der Waals surface area contributed by atoms with Gasteiger partial charge in [-0.2, -0.15) is 0 Å². The Balaban J connectivity index is 3.32. The molecule has 1 aromatic rings. The second-order valence-corrected chi connectivity index (χ2v) is 2.18. The molecule has 0 atom stereocenters. The van der Waals surface area contributed by atoms with E-state index in [9.17, 15) is 9.59 Å². The molecule has 0 aliphatic rings. The Morgan fingerprint density at radius 1 is 1.67 bits per heavy atom. The Morgan fingerprint density at radius 3 is 2.83 bits per heavy atom. The predicted molar refractivity (Wildman–Crippen MR) is 44.1 cm³/mol. The number of aromatic nitrogens is 1. The highest BCUT2D eigenvalue weighted by molar-refractivity contribution is 5.87. The molecule has 12 heavy (non-hydrogen) atoms. The van der Waals surface area contributed by atoms with Crippen LogP contribution >= 0.6 is 0 Å². The van der Waals surface area contributed by atoms with E-state index in [1.807, 2.05) is 0 Å². The molecule has 1 rings (SSSR count). The quantitative estimate of drug-likeness (QED) is 0.678. The molecule has 4 heteroatoms. The summed E-state index contributed by atoms with van der Waals surface area (Å²) in [6.45, 7) is 3.38. The zero-order chi connectivity index (χ0) is 9.14. The van der Waals surface area contributed by atoms with Gasteiger partial charge in [0, 0.05) is 11.8 Å². The van der Waals surface area contributed by atoms with Crippen molar-refractivity contribution in [3.8, 4) is 0 Å². The highest BCUT2D eigenvalue weighted by Gasteiger charge is 2.03. The number of nitrogens with one attached hydrogen (secondary N) is 1. The summed E-state index contributed by atoms with van der Waals surface area (Å²) in [5, 5.41) is 8.54. The maximum atomic E-state index is 10.9. The van der Waals surface area contributed by atoms with E-state index in [0.717, 1.165) is 6.20 Å². The molecule has 0 aromatic carbocycles. The third-order valence-corrected chi connectivity index (χ3v) is 1.40. The molecule has 0 saturated heterocycles. The molecule has 0 bridgehead atoms. The third-order valence-electron chi connectivity index (χ3n) is 1.40. The van der Waals surface area contributed by atoms with Crippen LogP contribution in [0.15, 0.2) is 23.6 Å². The molecule has 1 heterocycles. The Bertz CT molecular complexity index is 378. The number of hydrogen-bond donors (Lipinski definition) is 2. The van der Waals surface area contributed by atoms with Crippen molar-refractivity contribution >= 4 is 12.0 Å². The first kappa shape index (κ1) is 8.26. The molecule has 0 aliphatic heterocycles. The summed E-state index contributed by atoms with van der Waals surface area (Å²) >= 11 is 0. The molecule has 2 N–H and O–H groups in total. The summed E-state index contributed by atoms with van der Waals surface area (Å²) < 4.78 is 0. The topological polar surface area (TPSA) is 70.2 Å². The van der Waals surface area contributed by atoms with Crippen LogP contribution in [-0.4, -0.2) is 16.1 Å². The SMILES string of the molecule is C=Cc1cc(C(=O)O)c[nH]c1=O. The predicted octanol–water partition coefficient (Wildman–Crippen LogP) is 0.716. The Hall–Kier alpha value is -1.84. The number of pyridine rings is 1.